The third kappa shape index (κ3) is 3.70. The molecule has 2 aliphatic carbocycles. The van der Waals surface area contributed by atoms with Gasteiger partial charge in [0.25, 0.3) is 0 Å². The van der Waals surface area contributed by atoms with Gasteiger partial charge in [0.2, 0.25) is 0 Å². The largest absolute Gasteiger partial charge is 0.381 e. The monoisotopic (exact) mass is 423 g/mol. The third-order valence-electron chi connectivity index (χ3n) is 5.54. The predicted octanol–water partition coefficient (Wildman–Crippen LogP) is 2.43. The lowest BCUT2D eigenvalue weighted by Crippen LogP contribution is -2.60. The first-order valence-electron chi connectivity index (χ1n) is 8.54. The zero-order chi connectivity index (χ0) is 14.7. The Kier molecular flexibility index (Phi) is 6.76. The minimum Gasteiger partial charge on any atom is -0.381 e. The predicted molar refractivity (Wildman–Crippen MR) is 98.7 cm³/mol. The van der Waals surface area contributed by atoms with Crippen LogP contribution in [-0.4, -0.2) is 44.0 Å². The van der Waals surface area contributed by atoms with Crippen molar-refractivity contribution >= 4 is 29.9 Å². The van der Waals surface area contributed by atoms with Crippen molar-refractivity contribution in [1.82, 2.24) is 5.32 Å². The van der Waals surface area contributed by atoms with Gasteiger partial charge in [-0.1, -0.05) is 12.8 Å². The van der Waals surface area contributed by atoms with E-state index in [-0.39, 0.29) is 29.4 Å². The van der Waals surface area contributed by atoms with Crippen LogP contribution < -0.4 is 11.1 Å². The van der Waals surface area contributed by atoms with Crippen LogP contribution in [0, 0.1) is 5.41 Å². The molecule has 0 aromatic carbocycles. The van der Waals surface area contributed by atoms with Crippen LogP contribution in [0.1, 0.15) is 51.9 Å². The Labute approximate surface area is 150 Å². The molecular weight excluding hydrogens is 393 g/mol. The number of hydrogen-bond acceptors (Lipinski definition) is 3. The Balaban J connectivity index is 0.00000176. The Morgan fingerprint density at radius 1 is 1.32 bits per heavy atom. The molecule has 1 spiro atoms. The molecule has 22 heavy (non-hydrogen) atoms. The molecule has 3 rings (SSSR count). The van der Waals surface area contributed by atoms with Crippen molar-refractivity contribution in [2.75, 3.05) is 19.8 Å². The lowest BCUT2D eigenvalue weighted by molar-refractivity contribution is -0.163. The standard InChI is InChI=1S/C16H29N3O2.HI/c1-2-21-14-11-13(16(14)7-9-20-10-8-16)19-15(17)18-12-5-3-4-6-12;/h12-14H,2-11H2,1H3,(H3,17,18,19);1H. The summed E-state index contributed by atoms with van der Waals surface area (Å²) in [5, 5.41) is 3.40. The molecule has 2 atom stereocenters. The van der Waals surface area contributed by atoms with Crippen LogP contribution in [0.15, 0.2) is 4.99 Å². The van der Waals surface area contributed by atoms with Crippen molar-refractivity contribution in [1.29, 1.82) is 0 Å². The maximum Gasteiger partial charge on any atom is 0.189 e. The molecule has 3 fully saturated rings. The summed E-state index contributed by atoms with van der Waals surface area (Å²) in [6.45, 7) is 4.50. The zero-order valence-electron chi connectivity index (χ0n) is 13.6. The van der Waals surface area contributed by atoms with Gasteiger partial charge in [-0.2, -0.15) is 0 Å². The zero-order valence-corrected chi connectivity index (χ0v) is 15.9. The van der Waals surface area contributed by atoms with Crippen molar-refractivity contribution in [3.63, 3.8) is 0 Å². The number of halogens is 1. The molecule has 0 aromatic rings. The number of nitrogens with zero attached hydrogens (tertiary/aromatic N) is 1. The summed E-state index contributed by atoms with van der Waals surface area (Å²) in [7, 11) is 0. The number of ether oxygens (including phenoxy) is 2. The van der Waals surface area contributed by atoms with Crippen LogP contribution in [0.25, 0.3) is 0 Å². The summed E-state index contributed by atoms with van der Waals surface area (Å²) < 4.78 is 11.5. The molecule has 0 amide bonds. The SMILES string of the molecule is CCOC1CC(N=C(N)NC2CCCC2)C12CCOCC2.I. The van der Waals surface area contributed by atoms with E-state index in [2.05, 4.69) is 12.2 Å². The number of nitrogens with two attached hydrogens (primary N) is 1. The van der Waals surface area contributed by atoms with E-state index in [0.29, 0.717) is 24.1 Å². The van der Waals surface area contributed by atoms with Crippen LogP contribution in [-0.2, 0) is 9.47 Å². The van der Waals surface area contributed by atoms with Crippen molar-refractivity contribution in [3.05, 3.63) is 0 Å². The Hall–Kier alpha value is -0.0800. The normalized spacial score (nSPS) is 31.6. The second-order valence-corrected chi connectivity index (χ2v) is 6.68. The van der Waals surface area contributed by atoms with Crippen molar-refractivity contribution in [3.8, 4) is 0 Å². The van der Waals surface area contributed by atoms with Gasteiger partial charge in [0.1, 0.15) is 0 Å². The van der Waals surface area contributed by atoms with Gasteiger partial charge >= 0.3 is 0 Å². The van der Waals surface area contributed by atoms with Crippen molar-refractivity contribution in [2.45, 2.75) is 70.1 Å². The summed E-state index contributed by atoms with van der Waals surface area (Å²) in [5.41, 5.74) is 6.30. The van der Waals surface area contributed by atoms with E-state index in [4.69, 9.17) is 20.2 Å². The van der Waals surface area contributed by atoms with Crippen molar-refractivity contribution < 1.29 is 9.47 Å². The molecule has 0 bridgehead atoms. The van der Waals surface area contributed by atoms with Gasteiger partial charge in [-0.3, -0.25) is 0 Å². The minimum absolute atomic E-state index is 0. The van der Waals surface area contributed by atoms with Gasteiger partial charge in [-0.15, -0.1) is 24.0 Å². The summed E-state index contributed by atoms with van der Waals surface area (Å²) in [6, 6.07) is 0.828. The number of rotatable bonds is 4. The molecule has 1 aliphatic heterocycles. The van der Waals surface area contributed by atoms with Crippen molar-refractivity contribution in [2.24, 2.45) is 16.1 Å². The maximum absolute atomic E-state index is 6.14. The second-order valence-electron chi connectivity index (χ2n) is 6.68. The molecular formula is C16H30IN3O2. The van der Waals surface area contributed by atoms with E-state index in [1.165, 1.54) is 25.7 Å². The highest BCUT2D eigenvalue weighted by atomic mass is 127. The molecule has 1 heterocycles. The number of nitrogens with one attached hydrogen (secondary N) is 1. The lowest BCUT2D eigenvalue weighted by atomic mass is 9.58. The average molecular weight is 423 g/mol. The molecule has 5 nitrogen and oxygen atoms in total. The Morgan fingerprint density at radius 2 is 2.00 bits per heavy atom. The quantitative estimate of drug-likeness (QED) is 0.414. The lowest BCUT2D eigenvalue weighted by Gasteiger charge is -2.55. The highest BCUT2D eigenvalue weighted by molar-refractivity contribution is 14.0. The fourth-order valence-electron chi connectivity index (χ4n) is 4.23. The molecule has 0 aromatic heterocycles. The minimum atomic E-state index is 0. The first kappa shape index (κ1) is 18.3. The molecule has 3 aliphatic rings. The number of aliphatic imine (C=N–C) groups is 1. The molecule has 3 N–H and O–H groups in total. The van der Waals surface area contributed by atoms with E-state index in [1.54, 1.807) is 0 Å². The van der Waals surface area contributed by atoms with Gasteiger partial charge in [-0.05, 0) is 39.0 Å². The topological polar surface area (TPSA) is 68.9 Å². The van der Waals surface area contributed by atoms with Gasteiger partial charge in [0, 0.05) is 31.3 Å². The first-order valence-corrected chi connectivity index (χ1v) is 8.54. The van der Waals surface area contributed by atoms with E-state index in [1.807, 2.05) is 0 Å². The van der Waals surface area contributed by atoms with Gasteiger partial charge in [-0.25, -0.2) is 4.99 Å². The Bertz CT molecular complexity index is 380. The molecule has 1 saturated heterocycles. The average Bonchev–Trinajstić information content (AvgIpc) is 3.00. The molecule has 6 heteroatoms. The third-order valence-corrected chi connectivity index (χ3v) is 5.54. The molecule has 0 radical (unpaired) electrons. The highest BCUT2D eigenvalue weighted by Gasteiger charge is 2.56. The summed E-state index contributed by atoms with van der Waals surface area (Å²) in [6.07, 6.45) is 8.48. The number of hydrogen-bond donors (Lipinski definition) is 2. The van der Waals surface area contributed by atoms with Gasteiger partial charge in [0.05, 0.1) is 12.1 Å². The van der Waals surface area contributed by atoms with Crippen LogP contribution in [0.5, 0.6) is 0 Å². The van der Waals surface area contributed by atoms with Gasteiger partial charge < -0.3 is 20.5 Å². The highest BCUT2D eigenvalue weighted by Crippen LogP contribution is 2.52. The molecule has 2 saturated carbocycles. The Morgan fingerprint density at radius 3 is 2.64 bits per heavy atom. The van der Waals surface area contributed by atoms with Gasteiger partial charge in [0.15, 0.2) is 5.96 Å². The molecule has 128 valence electrons. The van der Waals surface area contributed by atoms with Crippen LogP contribution in [0.2, 0.25) is 0 Å². The van der Waals surface area contributed by atoms with Crippen LogP contribution in [0.4, 0.5) is 0 Å². The number of guanidine groups is 1. The van der Waals surface area contributed by atoms with Crippen LogP contribution in [0.3, 0.4) is 0 Å². The van der Waals surface area contributed by atoms with Crippen LogP contribution >= 0.6 is 24.0 Å². The van der Waals surface area contributed by atoms with E-state index in [9.17, 15) is 0 Å². The summed E-state index contributed by atoms with van der Waals surface area (Å²) in [5.74, 6) is 0.632. The molecule has 2 unspecified atom stereocenters. The summed E-state index contributed by atoms with van der Waals surface area (Å²) >= 11 is 0. The maximum atomic E-state index is 6.14. The van der Waals surface area contributed by atoms with E-state index >= 15 is 0 Å². The second kappa shape index (κ2) is 8.15. The summed E-state index contributed by atoms with van der Waals surface area (Å²) in [4.78, 5) is 4.80. The van der Waals surface area contributed by atoms with E-state index in [0.717, 1.165) is 39.1 Å². The van der Waals surface area contributed by atoms with E-state index < -0.39 is 0 Å². The fraction of sp³-hybridized carbons (Fsp3) is 0.938. The fourth-order valence-corrected chi connectivity index (χ4v) is 4.23. The first-order chi connectivity index (χ1) is 10.2. The smallest absolute Gasteiger partial charge is 0.189 e.